The molecule has 3 amide bonds. The molecule has 0 radical (unpaired) electrons. The Bertz CT molecular complexity index is 1010. The Balaban J connectivity index is 2.14. The largest absolute Gasteiger partial charge is 0.476 e. The van der Waals surface area contributed by atoms with Crippen LogP contribution in [0.5, 0.6) is 5.75 Å². The second-order valence-electron chi connectivity index (χ2n) is 9.55. The summed E-state index contributed by atoms with van der Waals surface area (Å²) >= 11 is 0. The van der Waals surface area contributed by atoms with Gasteiger partial charge in [-0.3, -0.25) is 9.59 Å². The summed E-state index contributed by atoms with van der Waals surface area (Å²) in [7, 11) is 0. The first-order chi connectivity index (χ1) is 16.2. The molecule has 2 aliphatic heterocycles. The molecular weight excluding hydrogens is 469 g/mol. The minimum absolute atomic E-state index is 0.000625. The first-order valence-electron chi connectivity index (χ1n) is 11.5. The molecule has 1 saturated heterocycles. The minimum Gasteiger partial charge on any atom is -0.476 e. The van der Waals surface area contributed by atoms with E-state index in [0.29, 0.717) is 19.4 Å². The number of amides is 3. The van der Waals surface area contributed by atoms with Gasteiger partial charge in [0.15, 0.2) is 5.60 Å². The number of alkyl halides is 3. The molecule has 0 aliphatic carbocycles. The Morgan fingerprint density at radius 3 is 2.51 bits per heavy atom. The van der Waals surface area contributed by atoms with E-state index in [-0.39, 0.29) is 31.1 Å². The Labute approximate surface area is 201 Å². The quantitative estimate of drug-likeness (QED) is 0.642. The summed E-state index contributed by atoms with van der Waals surface area (Å²) in [6, 6.07) is 0.691. The van der Waals surface area contributed by atoms with E-state index in [9.17, 15) is 32.7 Å². The summed E-state index contributed by atoms with van der Waals surface area (Å²) in [6.07, 6.45) is -5.09. The molecule has 9 nitrogen and oxygen atoms in total. The average molecular weight is 501 g/mol. The highest BCUT2D eigenvalue weighted by Gasteiger charge is 2.45. The summed E-state index contributed by atoms with van der Waals surface area (Å²) in [5.41, 5.74) is 2.45. The maximum atomic E-state index is 14.2. The van der Waals surface area contributed by atoms with Gasteiger partial charge in [0.05, 0.1) is 22.9 Å². The minimum atomic E-state index is -4.88. The van der Waals surface area contributed by atoms with Crippen molar-refractivity contribution in [1.29, 1.82) is 0 Å². The Morgan fingerprint density at radius 1 is 1.31 bits per heavy atom. The number of hydrogen-bond acceptors (Lipinski definition) is 5. The van der Waals surface area contributed by atoms with Crippen LogP contribution in [0.4, 0.5) is 23.7 Å². The van der Waals surface area contributed by atoms with Crippen LogP contribution in [0.2, 0.25) is 0 Å². The number of piperidine rings is 1. The lowest BCUT2D eigenvalue weighted by Gasteiger charge is -2.42. The molecule has 12 heteroatoms. The van der Waals surface area contributed by atoms with Crippen molar-refractivity contribution in [3.63, 3.8) is 0 Å². The second kappa shape index (κ2) is 9.56. The van der Waals surface area contributed by atoms with Gasteiger partial charge in [0.1, 0.15) is 5.75 Å². The molecule has 1 aromatic rings. The first-order valence-corrected chi connectivity index (χ1v) is 11.5. The van der Waals surface area contributed by atoms with Crippen LogP contribution in [-0.4, -0.2) is 76.7 Å². The van der Waals surface area contributed by atoms with E-state index in [4.69, 9.17) is 10.5 Å². The van der Waals surface area contributed by atoms with Gasteiger partial charge in [-0.25, -0.2) is 4.79 Å². The molecule has 0 aromatic heterocycles. The van der Waals surface area contributed by atoms with Gasteiger partial charge in [-0.15, -0.1) is 0 Å². The number of carbonyl (C=O) groups is 3. The molecule has 1 fully saturated rings. The molecule has 0 saturated carbocycles. The molecule has 2 aliphatic rings. The molecule has 1 aromatic carbocycles. The maximum Gasteiger partial charge on any atom is 0.417 e. The highest BCUT2D eigenvalue weighted by atomic mass is 19.4. The monoisotopic (exact) mass is 500 g/mol. The maximum absolute atomic E-state index is 14.2. The van der Waals surface area contributed by atoms with Gasteiger partial charge in [0, 0.05) is 32.2 Å². The van der Waals surface area contributed by atoms with Crippen molar-refractivity contribution in [3.8, 4) is 5.75 Å². The third-order valence-electron chi connectivity index (χ3n) is 6.26. The summed E-state index contributed by atoms with van der Waals surface area (Å²) in [6.45, 7) is 6.61. The lowest BCUT2D eigenvalue weighted by molar-refractivity contribution is -0.138. The van der Waals surface area contributed by atoms with Crippen LogP contribution in [0, 0.1) is 0 Å². The molecule has 3 N–H and O–H groups in total. The fraction of sp³-hybridized carbons (Fsp3) is 0.609. The zero-order valence-electron chi connectivity index (χ0n) is 20.2. The predicted octanol–water partition coefficient (Wildman–Crippen LogP) is 3.16. The molecule has 35 heavy (non-hydrogen) atoms. The van der Waals surface area contributed by atoms with E-state index < -0.39 is 52.9 Å². The number of halogens is 3. The van der Waals surface area contributed by atoms with E-state index in [1.165, 1.54) is 23.6 Å². The van der Waals surface area contributed by atoms with Crippen LogP contribution >= 0.6 is 0 Å². The summed E-state index contributed by atoms with van der Waals surface area (Å²) in [5, 5.41) is 9.37. The molecule has 3 rings (SSSR count). The van der Waals surface area contributed by atoms with Gasteiger partial charge in [0.2, 0.25) is 0 Å². The molecule has 194 valence electrons. The smallest absolute Gasteiger partial charge is 0.417 e. The third-order valence-corrected chi connectivity index (χ3v) is 6.26. The number of carboxylic acid groups (broad SMARTS) is 1. The molecule has 0 unspecified atom stereocenters. The van der Waals surface area contributed by atoms with E-state index in [0.717, 1.165) is 17.0 Å². The normalized spacial score (nSPS) is 19.9. The number of fused-ring (bicyclic) bond motifs is 1. The summed E-state index contributed by atoms with van der Waals surface area (Å²) < 4.78 is 48.1. The summed E-state index contributed by atoms with van der Waals surface area (Å²) in [5.74, 6) is -1.55. The number of carbonyl (C=O) groups excluding carboxylic acids is 2. The van der Waals surface area contributed by atoms with Crippen LogP contribution in [-0.2, 0) is 11.0 Å². The number of anilines is 1. The number of ether oxygens (including phenoxy) is 1. The predicted molar refractivity (Wildman–Crippen MR) is 121 cm³/mol. The zero-order valence-corrected chi connectivity index (χ0v) is 20.2. The lowest BCUT2D eigenvalue weighted by atomic mass is 9.96. The third kappa shape index (κ3) is 5.16. The highest BCUT2D eigenvalue weighted by Crippen LogP contribution is 2.44. The average Bonchev–Trinajstić information content (AvgIpc) is 2.75. The van der Waals surface area contributed by atoms with E-state index in [2.05, 4.69) is 0 Å². The van der Waals surface area contributed by atoms with Crippen LogP contribution in [0.15, 0.2) is 12.1 Å². The molecule has 1 atom stereocenters. The highest BCUT2D eigenvalue weighted by molar-refractivity contribution is 6.05. The first kappa shape index (κ1) is 26.6. The summed E-state index contributed by atoms with van der Waals surface area (Å²) in [4.78, 5) is 41.8. The second-order valence-corrected chi connectivity index (χ2v) is 9.55. The van der Waals surface area contributed by atoms with Gasteiger partial charge in [-0.2, -0.15) is 13.2 Å². The van der Waals surface area contributed by atoms with Gasteiger partial charge in [0.25, 0.3) is 11.8 Å². The fourth-order valence-corrected chi connectivity index (χ4v) is 4.69. The van der Waals surface area contributed by atoms with Crippen molar-refractivity contribution in [2.24, 2.45) is 5.73 Å². The number of hydrogen-bond donors (Lipinski definition) is 2. The van der Waals surface area contributed by atoms with Crippen LogP contribution in [0.1, 0.15) is 56.5 Å². The van der Waals surface area contributed by atoms with Crippen molar-refractivity contribution in [2.75, 3.05) is 31.1 Å². The zero-order chi connectivity index (χ0) is 26.3. The van der Waals surface area contributed by atoms with Gasteiger partial charge in [-0.05, 0) is 52.7 Å². The molecule has 2 heterocycles. The number of rotatable bonds is 5. The van der Waals surface area contributed by atoms with E-state index >= 15 is 0 Å². The van der Waals surface area contributed by atoms with Crippen molar-refractivity contribution < 1.29 is 37.4 Å². The van der Waals surface area contributed by atoms with E-state index in [1.54, 1.807) is 13.8 Å². The van der Waals surface area contributed by atoms with Crippen LogP contribution < -0.4 is 15.4 Å². The lowest BCUT2D eigenvalue weighted by Crippen LogP contribution is -2.54. The van der Waals surface area contributed by atoms with Gasteiger partial charge < -0.3 is 30.3 Å². The Hall–Kier alpha value is -3.02. The van der Waals surface area contributed by atoms with Crippen molar-refractivity contribution >= 4 is 23.6 Å². The van der Waals surface area contributed by atoms with E-state index in [1.807, 2.05) is 0 Å². The number of nitrogens with two attached hydrogens (primary N) is 1. The molecular formula is C23H31F3N4O5. The standard InChI is InChI=1S/C23H31F3N4O5/c1-13(2)30(14-6-5-8-28(12-14)21(33)34)19(31)15-10-17-18(11-16(15)23(24,25)26)35-22(3,4)20(32)29(17)9-7-27/h10-11,13-14H,5-9,12,27H2,1-4H3,(H,33,34)/t14-/m1/s1. The SMILES string of the molecule is CC(C)N(C(=O)c1cc2c(cc1C(F)(F)F)OC(C)(C)C(=O)N2CCN)[C@@H]1CCCN(C(=O)O)C1. The Morgan fingerprint density at radius 2 is 1.97 bits per heavy atom. The molecule has 0 bridgehead atoms. The van der Waals surface area contributed by atoms with Crippen LogP contribution in [0.3, 0.4) is 0 Å². The number of nitrogens with zero attached hydrogens (tertiary/aromatic N) is 3. The van der Waals surface area contributed by atoms with Crippen LogP contribution in [0.25, 0.3) is 0 Å². The number of benzene rings is 1. The molecule has 0 spiro atoms. The fourth-order valence-electron chi connectivity index (χ4n) is 4.69. The Kier molecular flexibility index (Phi) is 7.26. The van der Waals surface area contributed by atoms with Crippen molar-refractivity contribution in [2.45, 2.75) is 64.4 Å². The van der Waals surface area contributed by atoms with Crippen molar-refractivity contribution in [3.05, 3.63) is 23.3 Å². The number of likely N-dealkylation sites (tertiary alicyclic amines) is 1. The van der Waals surface area contributed by atoms with Gasteiger partial charge in [-0.1, -0.05) is 0 Å². The van der Waals surface area contributed by atoms with Gasteiger partial charge >= 0.3 is 12.3 Å². The topological polar surface area (TPSA) is 116 Å². The van der Waals surface area contributed by atoms with Crippen molar-refractivity contribution in [1.82, 2.24) is 9.80 Å².